The van der Waals surface area contributed by atoms with Gasteiger partial charge in [0.15, 0.2) is 0 Å². The fourth-order valence-electron chi connectivity index (χ4n) is 3.65. The topological polar surface area (TPSA) is 68.0 Å². The number of amides is 1. The lowest BCUT2D eigenvalue weighted by molar-refractivity contribution is -0.124. The first-order valence-electron chi connectivity index (χ1n) is 8.53. The second kappa shape index (κ2) is 6.67. The van der Waals surface area contributed by atoms with Crippen molar-refractivity contribution in [3.8, 4) is 0 Å². The van der Waals surface area contributed by atoms with E-state index in [-0.39, 0.29) is 17.4 Å². The molecular weight excluding hydrogens is 294 g/mol. The van der Waals surface area contributed by atoms with Crippen molar-refractivity contribution in [1.29, 1.82) is 0 Å². The van der Waals surface area contributed by atoms with Gasteiger partial charge in [-0.1, -0.05) is 19.3 Å². The van der Waals surface area contributed by atoms with Gasteiger partial charge < -0.3 is 11.1 Å². The SMILES string of the molecule is Cc1csc(C(NC(=O)CC2(CN)CCCCC2)C2CC2)n1. The third-order valence-corrected chi connectivity index (χ3v) is 6.24. The molecule has 1 aromatic heterocycles. The zero-order valence-corrected chi connectivity index (χ0v) is 14.3. The lowest BCUT2D eigenvalue weighted by Crippen LogP contribution is -2.40. The third-order valence-electron chi connectivity index (χ3n) is 5.20. The molecule has 0 aromatic carbocycles. The van der Waals surface area contributed by atoms with Crippen molar-refractivity contribution in [2.24, 2.45) is 17.1 Å². The van der Waals surface area contributed by atoms with E-state index in [1.807, 2.05) is 6.92 Å². The Labute approximate surface area is 136 Å². The van der Waals surface area contributed by atoms with Crippen LogP contribution < -0.4 is 11.1 Å². The van der Waals surface area contributed by atoms with Gasteiger partial charge in [0, 0.05) is 17.5 Å². The van der Waals surface area contributed by atoms with Crippen molar-refractivity contribution in [1.82, 2.24) is 10.3 Å². The molecule has 4 nitrogen and oxygen atoms in total. The summed E-state index contributed by atoms with van der Waals surface area (Å²) in [5.74, 6) is 0.742. The molecule has 3 rings (SSSR count). The first kappa shape index (κ1) is 15.9. The van der Waals surface area contributed by atoms with Gasteiger partial charge in [0.2, 0.25) is 5.91 Å². The van der Waals surface area contributed by atoms with Crippen LogP contribution in [0.5, 0.6) is 0 Å². The Kier molecular flexibility index (Phi) is 4.83. The highest BCUT2D eigenvalue weighted by molar-refractivity contribution is 7.09. The number of nitrogens with one attached hydrogen (secondary N) is 1. The number of carbonyl (C=O) groups excluding carboxylic acids is 1. The zero-order chi connectivity index (χ0) is 15.6. The molecule has 22 heavy (non-hydrogen) atoms. The lowest BCUT2D eigenvalue weighted by Gasteiger charge is -2.36. The number of carbonyl (C=O) groups is 1. The van der Waals surface area contributed by atoms with E-state index in [1.54, 1.807) is 11.3 Å². The number of thiazole rings is 1. The predicted molar refractivity (Wildman–Crippen MR) is 89.6 cm³/mol. The first-order chi connectivity index (χ1) is 10.6. The van der Waals surface area contributed by atoms with Crippen LogP contribution in [0.1, 0.15) is 68.1 Å². The summed E-state index contributed by atoms with van der Waals surface area (Å²) in [6.07, 6.45) is 8.88. The maximum atomic E-state index is 12.6. The van der Waals surface area contributed by atoms with E-state index < -0.39 is 0 Å². The number of hydrogen-bond donors (Lipinski definition) is 2. The molecule has 5 heteroatoms. The molecule has 122 valence electrons. The fourth-order valence-corrected chi connectivity index (χ4v) is 4.58. The molecular formula is C17H27N3OS. The summed E-state index contributed by atoms with van der Waals surface area (Å²) in [6.45, 7) is 2.64. The van der Waals surface area contributed by atoms with Gasteiger partial charge in [-0.2, -0.15) is 0 Å². The molecule has 3 N–H and O–H groups in total. The van der Waals surface area contributed by atoms with Crippen LogP contribution in [0.25, 0.3) is 0 Å². The minimum Gasteiger partial charge on any atom is -0.347 e. The normalized spacial score (nSPS) is 22.3. The Morgan fingerprint density at radius 2 is 2.18 bits per heavy atom. The number of hydrogen-bond acceptors (Lipinski definition) is 4. The third kappa shape index (κ3) is 3.69. The maximum absolute atomic E-state index is 12.6. The van der Waals surface area contributed by atoms with Gasteiger partial charge in [0.1, 0.15) is 5.01 Å². The minimum atomic E-state index is 0.0369. The van der Waals surface area contributed by atoms with Crippen molar-refractivity contribution in [3.05, 3.63) is 16.1 Å². The highest BCUT2D eigenvalue weighted by Gasteiger charge is 2.38. The Hall–Kier alpha value is -0.940. The molecule has 0 bridgehead atoms. The zero-order valence-electron chi connectivity index (χ0n) is 13.4. The highest BCUT2D eigenvalue weighted by atomic mass is 32.1. The summed E-state index contributed by atoms with van der Waals surface area (Å²) in [5.41, 5.74) is 7.10. The van der Waals surface area contributed by atoms with Gasteiger partial charge in [0.05, 0.1) is 6.04 Å². The molecule has 1 amide bonds. The smallest absolute Gasteiger partial charge is 0.221 e. The van der Waals surface area contributed by atoms with Crippen LogP contribution in [0.3, 0.4) is 0 Å². The Balaban J connectivity index is 1.64. The molecule has 1 aromatic rings. The summed E-state index contributed by atoms with van der Waals surface area (Å²) in [6, 6.07) is 0.115. The maximum Gasteiger partial charge on any atom is 0.221 e. The quantitative estimate of drug-likeness (QED) is 0.844. The average Bonchev–Trinajstić information content (AvgIpc) is 3.27. The van der Waals surface area contributed by atoms with Gasteiger partial charge in [-0.05, 0) is 50.5 Å². The van der Waals surface area contributed by atoms with Crippen molar-refractivity contribution in [3.63, 3.8) is 0 Å². The van der Waals surface area contributed by atoms with Crippen molar-refractivity contribution in [2.75, 3.05) is 6.54 Å². The van der Waals surface area contributed by atoms with Crippen LogP contribution in [-0.4, -0.2) is 17.4 Å². The van der Waals surface area contributed by atoms with Gasteiger partial charge in [0.25, 0.3) is 0 Å². The Morgan fingerprint density at radius 3 is 2.73 bits per heavy atom. The average molecular weight is 321 g/mol. The first-order valence-corrected chi connectivity index (χ1v) is 9.41. The molecule has 2 aliphatic rings. The van der Waals surface area contributed by atoms with Gasteiger partial charge in [-0.25, -0.2) is 4.98 Å². The van der Waals surface area contributed by atoms with E-state index in [0.717, 1.165) is 23.5 Å². The molecule has 2 aliphatic carbocycles. The van der Waals surface area contributed by atoms with E-state index in [0.29, 0.717) is 18.9 Å². The van der Waals surface area contributed by atoms with Crippen LogP contribution in [0, 0.1) is 18.3 Å². The van der Waals surface area contributed by atoms with Crippen molar-refractivity contribution < 1.29 is 4.79 Å². The lowest BCUT2D eigenvalue weighted by atomic mass is 9.71. The molecule has 1 unspecified atom stereocenters. The van der Waals surface area contributed by atoms with Crippen molar-refractivity contribution in [2.45, 2.75) is 64.3 Å². The number of aromatic nitrogens is 1. The summed E-state index contributed by atoms with van der Waals surface area (Å²) >= 11 is 1.67. The number of nitrogens with zero attached hydrogens (tertiary/aromatic N) is 1. The van der Waals surface area contributed by atoms with Crippen LogP contribution in [-0.2, 0) is 4.79 Å². The Morgan fingerprint density at radius 1 is 1.45 bits per heavy atom. The molecule has 1 atom stereocenters. The molecule has 2 fully saturated rings. The summed E-state index contributed by atoms with van der Waals surface area (Å²) < 4.78 is 0. The molecule has 0 spiro atoms. The van der Waals surface area contributed by atoms with Crippen LogP contribution >= 0.6 is 11.3 Å². The number of rotatable bonds is 6. The van der Waals surface area contributed by atoms with Gasteiger partial charge >= 0.3 is 0 Å². The minimum absolute atomic E-state index is 0.0369. The molecule has 2 saturated carbocycles. The summed E-state index contributed by atoms with van der Waals surface area (Å²) in [7, 11) is 0. The molecule has 0 aliphatic heterocycles. The van der Waals surface area contributed by atoms with Gasteiger partial charge in [-0.15, -0.1) is 11.3 Å². The van der Waals surface area contributed by atoms with E-state index in [1.165, 1.54) is 32.1 Å². The largest absolute Gasteiger partial charge is 0.347 e. The standard InChI is InChI=1S/C17H27N3OS/c1-12-10-22-16(19-12)15(13-5-6-13)20-14(21)9-17(11-18)7-3-2-4-8-17/h10,13,15H,2-9,11,18H2,1H3,(H,20,21). The number of aryl methyl sites for hydroxylation is 1. The van der Waals surface area contributed by atoms with E-state index >= 15 is 0 Å². The van der Waals surface area contributed by atoms with Crippen LogP contribution in [0.15, 0.2) is 5.38 Å². The highest BCUT2D eigenvalue weighted by Crippen LogP contribution is 2.43. The fraction of sp³-hybridized carbons (Fsp3) is 0.765. The van der Waals surface area contributed by atoms with Crippen LogP contribution in [0.2, 0.25) is 0 Å². The molecule has 0 saturated heterocycles. The molecule has 0 radical (unpaired) electrons. The second-order valence-corrected chi connectivity index (χ2v) is 8.04. The van der Waals surface area contributed by atoms with Crippen molar-refractivity contribution >= 4 is 17.2 Å². The second-order valence-electron chi connectivity index (χ2n) is 7.15. The predicted octanol–water partition coefficient (Wildman–Crippen LogP) is 3.32. The Bertz CT molecular complexity index is 518. The van der Waals surface area contributed by atoms with Gasteiger partial charge in [-0.3, -0.25) is 4.79 Å². The van der Waals surface area contributed by atoms with E-state index in [4.69, 9.17) is 5.73 Å². The monoisotopic (exact) mass is 321 g/mol. The molecule has 1 heterocycles. The van der Waals surface area contributed by atoms with Crippen LogP contribution in [0.4, 0.5) is 0 Å². The summed E-state index contributed by atoms with van der Waals surface area (Å²) in [5, 5.41) is 6.41. The number of nitrogens with two attached hydrogens (primary N) is 1. The van der Waals surface area contributed by atoms with E-state index in [9.17, 15) is 4.79 Å². The van der Waals surface area contributed by atoms with E-state index in [2.05, 4.69) is 15.7 Å². The summed E-state index contributed by atoms with van der Waals surface area (Å²) in [4.78, 5) is 17.2.